The Morgan fingerprint density at radius 2 is 2.35 bits per heavy atom. The van der Waals surface area contributed by atoms with Gasteiger partial charge in [0.2, 0.25) is 0 Å². The van der Waals surface area contributed by atoms with Gasteiger partial charge in [-0.25, -0.2) is 0 Å². The first-order chi connectivity index (χ1) is 8.08. The summed E-state index contributed by atoms with van der Waals surface area (Å²) in [6.45, 7) is 7.34. The number of amidine groups is 1. The predicted octanol–water partition coefficient (Wildman–Crippen LogP) is 0.994. The molecule has 0 amide bonds. The average Bonchev–Trinajstić information content (AvgIpc) is 2.34. The molecular weight excluding hydrogens is 218 g/mol. The Balaban J connectivity index is 2.79. The Hall–Kier alpha value is -1.85. The summed E-state index contributed by atoms with van der Waals surface area (Å²) in [5.74, 6) is 0.997. The summed E-state index contributed by atoms with van der Waals surface area (Å²) in [6.07, 6.45) is 1.71. The van der Waals surface area contributed by atoms with Gasteiger partial charge in [0.1, 0.15) is 5.84 Å². The quantitative estimate of drug-likeness (QED) is 0.345. The zero-order valence-electron chi connectivity index (χ0n) is 10.5. The third kappa shape index (κ3) is 3.58. The van der Waals surface area contributed by atoms with Gasteiger partial charge in [-0.2, -0.15) is 5.10 Å². The lowest BCUT2D eigenvalue weighted by Crippen LogP contribution is -2.35. The first kappa shape index (κ1) is 13.2. The molecule has 94 valence electrons. The van der Waals surface area contributed by atoms with Crippen LogP contribution in [0.25, 0.3) is 0 Å². The molecule has 0 saturated carbocycles. The lowest BCUT2D eigenvalue weighted by atomic mass is 10.1. The average molecular weight is 237 g/mol. The van der Waals surface area contributed by atoms with E-state index in [0.717, 1.165) is 17.9 Å². The Labute approximate surface area is 101 Å². The molecule has 0 aliphatic carbocycles. The molecule has 1 unspecified atom stereocenters. The molecule has 1 atom stereocenters. The summed E-state index contributed by atoms with van der Waals surface area (Å²) < 4.78 is 0. The smallest absolute Gasteiger partial charge is 0.151 e. The highest BCUT2D eigenvalue weighted by Gasteiger charge is 2.14. The molecule has 0 aliphatic rings. The summed E-state index contributed by atoms with van der Waals surface area (Å²) in [7, 11) is 0. The van der Waals surface area contributed by atoms with E-state index in [1.165, 1.54) is 0 Å². The topological polar surface area (TPSA) is 87.6 Å². The van der Waals surface area contributed by atoms with Gasteiger partial charge in [-0.1, -0.05) is 12.1 Å². The third-order valence-electron chi connectivity index (χ3n) is 2.60. The second-order valence-electron chi connectivity index (χ2n) is 4.06. The summed E-state index contributed by atoms with van der Waals surface area (Å²) in [5.41, 5.74) is 6.62. The fourth-order valence-electron chi connectivity index (χ4n) is 1.51. The Bertz CT molecular complexity index is 393. The van der Waals surface area contributed by atoms with Crippen LogP contribution in [-0.4, -0.2) is 34.3 Å². The SMILES string of the molecule is CCN(CC(C)/C(N)=N/O)c1cc(C)cnn1. The van der Waals surface area contributed by atoms with E-state index in [1.54, 1.807) is 6.20 Å². The van der Waals surface area contributed by atoms with Gasteiger partial charge in [0.25, 0.3) is 0 Å². The predicted molar refractivity (Wildman–Crippen MR) is 67.2 cm³/mol. The number of hydrogen-bond donors (Lipinski definition) is 2. The molecular formula is C11H19N5O. The molecule has 0 bridgehead atoms. The minimum Gasteiger partial charge on any atom is -0.409 e. The van der Waals surface area contributed by atoms with Crippen molar-refractivity contribution in [1.82, 2.24) is 10.2 Å². The lowest BCUT2D eigenvalue weighted by molar-refractivity contribution is 0.314. The largest absolute Gasteiger partial charge is 0.409 e. The highest BCUT2D eigenvalue weighted by atomic mass is 16.4. The lowest BCUT2D eigenvalue weighted by Gasteiger charge is -2.24. The number of anilines is 1. The minimum atomic E-state index is -0.0396. The van der Waals surface area contributed by atoms with Gasteiger partial charge in [0.05, 0.1) is 6.20 Å². The van der Waals surface area contributed by atoms with Crippen LogP contribution in [0, 0.1) is 12.8 Å². The molecule has 0 fully saturated rings. The molecule has 0 spiro atoms. The van der Waals surface area contributed by atoms with Gasteiger partial charge < -0.3 is 15.8 Å². The molecule has 0 radical (unpaired) electrons. The number of aromatic nitrogens is 2. The number of nitrogens with two attached hydrogens (primary N) is 1. The van der Waals surface area contributed by atoms with Crippen molar-refractivity contribution in [3.63, 3.8) is 0 Å². The first-order valence-corrected chi connectivity index (χ1v) is 5.60. The van der Waals surface area contributed by atoms with E-state index in [0.29, 0.717) is 6.54 Å². The van der Waals surface area contributed by atoms with Crippen molar-refractivity contribution in [2.75, 3.05) is 18.0 Å². The maximum atomic E-state index is 8.62. The molecule has 0 aromatic carbocycles. The van der Waals surface area contributed by atoms with Gasteiger partial charge in [-0.3, -0.25) is 0 Å². The number of nitrogens with zero attached hydrogens (tertiary/aromatic N) is 4. The van der Waals surface area contributed by atoms with E-state index in [9.17, 15) is 0 Å². The maximum Gasteiger partial charge on any atom is 0.151 e. The van der Waals surface area contributed by atoms with Crippen LogP contribution in [0.4, 0.5) is 5.82 Å². The minimum absolute atomic E-state index is 0.0396. The number of rotatable bonds is 5. The second kappa shape index (κ2) is 6.03. The third-order valence-corrected chi connectivity index (χ3v) is 2.60. The van der Waals surface area contributed by atoms with Crippen LogP contribution < -0.4 is 10.6 Å². The Kier molecular flexibility index (Phi) is 4.68. The van der Waals surface area contributed by atoms with Crippen molar-refractivity contribution in [3.05, 3.63) is 17.8 Å². The summed E-state index contributed by atoms with van der Waals surface area (Å²) >= 11 is 0. The van der Waals surface area contributed by atoms with Crippen LogP contribution in [-0.2, 0) is 0 Å². The van der Waals surface area contributed by atoms with Gasteiger partial charge in [0.15, 0.2) is 5.82 Å². The zero-order valence-corrected chi connectivity index (χ0v) is 10.5. The molecule has 0 aliphatic heterocycles. The van der Waals surface area contributed by atoms with Crippen LogP contribution in [0.1, 0.15) is 19.4 Å². The fourth-order valence-corrected chi connectivity index (χ4v) is 1.51. The van der Waals surface area contributed by atoms with Gasteiger partial charge in [-0.15, -0.1) is 5.10 Å². The van der Waals surface area contributed by atoms with E-state index in [2.05, 4.69) is 15.4 Å². The molecule has 0 saturated heterocycles. The van der Waals surface area contributed by atoms with Crippen molar-refractivity contribution in [2.45, 2.75) is 20.8 Å². The van der Waals surface area contributed by atoms with Crippen LogP contribution in [0.2, 0.25) is 0 Å². The summed E-state index contributed by atoms with van der Waals surface area (Å²) in [4.78, 5) is 2.04. The van der Waals surface area contributed by atoms with Crippen molar-refractivity contribution < 1.29 is 5.21 Å². The molecule has 6 nitrogen and oxygen atoms in total. The first-order valence-electron chi connectivity index (χ1n) is 5.60. The van der Waals surface area contributed by atoms with Crippen LogP contribution in [0.3, 0.4) is 0 Å². The molecule has 17 heavy (non-hydrogen) atoms. The van der Waals surface area contributed by atoms with E-state index < -0.39 is 0 Å². The van der Waals surface area contributed by atoms with Crippen LogP contribution in [0.5, 0.6) is 0 Å². The maximum absolute atomic E-state index is 8.62. The number of hydrogen-bond acceptors (Lipinski definition) is 5. The van der Waals surface area contributed by atoms with E-state index in [1.807, 2.05) is 31.7 Å². The highest BCUT2D eigenvalue weighted by Crippen LogP contribution is 2.12. The van der Waals surface area contributed by atoms with Crippen molar-refractivity contribution in [2.24, 2.45) is 16.8 Å². The van der Waals surface area contributed by atoms with Crippen LogP contribution >= 0.6 is 0 Å². The second-order valence-corrected chi connectivity index (χ2v) is 4.06. The number of aryl methyl sites for hydroxylation is 1. The molecule has 1 heterocycles. The number of oxime groups is 1. The fraction of sp³-hybridized carbons (Fsp3) is 0.545. The monoisotopic (exact) mass is 237 g/mol. The van der Waals surface area contributed by atoms with Crippen molar-refractivity contribution in [1.29, 1.82) is 0 Å². The summed E-state index contributed by atoms with van der Waals surface area (Å²) in [6, 6.07) is 1.97. The van der Waals surface area contributed by atoms with E-state index >= 15 is 0 Å². The highest BCUT2D eigenvalue weighted by molar-refractivity contribution is 5.82. The molecule has 1 aromatic heterocycles. The molecule has 6 heteroatoms. The Morgan fingerprint density at radius 3 is 2.88 bits per heavy atom. The summed E-state index contributed by atoms with van der Waals surface area (Å²) in [5, 5.41) is 19.6. The van der Waals surface area contributed by atoms with E-state index in [4.69, 9.17) is 10.9 Å². The standard InChI is InChI=1S/C11H19N5O/c1-4-16(7-9(3)11(12)15-17)10-5-8(2)6-13-14-10/h5-6,9,17H,4,7H2,1-3H3,(H2,12,15). The zero-order chi connectivity index (χ0) is 12.8. The normalized spacial score (nSPS) is 13.5. The van der Waals surface area contributed by atoms with Gasteiger partial charge in [-0.05, 0) is 25.5 Å². The van der Waals surface area contributed by atoms with E-state index in [-0.39, 0.29) is 11.8 Å². The molecule has 3 N–H and O–H groups in total. The van der Waals surface area contributed by atoms with Crippen molar-refractivity contribution >= 4 is 11.7 Å². The Morgan fingerprint density at radius 1 is 1.65 bits per heavy atom. The van der Waals surface area contributed by atoms with Gasteiger partial charge in [0, 0.05) is 19.0 Å². The molecule has 1 aromatic rings. The van der Waals surface area contributed by atoms with Gasteiger partial charge >= 0.3 is 0 Å². The van der Waals surface area contributed by atoms with Crippen LogP contribution in [0.15, 0.2) is 17.4 Å². The van der Waals surface area contributed by atoms with Crippen molar-refractivity contribution in [3.8, 4) is 0 Å². The molecule has 1 rings (SSSR count).